The van der Waals surface area contributed by atoms with Crippen LogP contribution in [0.5, 0.6) is 0 Å². The van der Waals surface area contributed by atoms with Crippen LogP contribution in [0.2, 0.25) is 0 Å². The zero-order chi connectivity index (χ0) is 29.7. The number of unbranched alkanes of at least 4 members (excludes halogenated alkanes) is 12. The van der Waals surface area contributed by atoms with Gasteiger partial charge in [-0.3, -0.25) is 14.4 Å². The van der Waals surface area contributed by atoms with E-state index in [-0.39, 0.29) is 30.9 Å². The van der Waals surface area contributed by atoms with E-state index in [0.717, 1.165) is 83.0 Å². The summed E-state index contributed by atoms with van der Waals surface area (Å²) in [5.41, 5.74) is 0. The summed E-state index contributed by atoms with van der Waals surface area (Å²) in [5.74, 6) is 0.358. The third-order valence-electron chi connectivity index (χ3n) is 7.26. The minimum absolute atomic E-state index is 0.0909. The van der Waals surface area contributed by atoms with Crippen molar-refractivity contribution in [3.05, 3.63) is 24.3 Å². The quantitative estimate of drug-likeness (QED) is 0.0443. The molecule has 0 aliphatic rings. The van der Waals surface area contributed by atoms with E-state index in [0.29, 0.717) is 19.3 Å². The molecule has 0 aliphatic heterocycles. The van der Waals surface area contributed by atoms with Gasteiger partial charge in [-0.2, -0.15) is 0 Å². The SMILES string of the molecule is CCCCCC(=O)/C=C/C=C\CCCCCCCC(=O)O[C@@H](CO)COC(=O)CCCCCCCCC(C)CC. The average molecular weight is 565 g/mol. The Balaban J connectivity index is 3.70. The molecular weight excluding hydrogens is 504 g/mol. The molecule has 0 rings (SSSR count). The standard InChI is InChI=1S/C34H60O6/c1-4-6-18-24-31(36)25-20-15-10-8-7-9-11-17-22-27-34(38)40-32(28-35)29-39-33(37)26-21-16-13-12-14-19-23-30(3)5-2/h10,15,20,25,30,32,35H,4-9,11-14,16-19,21-24,26-29H2,1-3H3/b15-10-,25-20+/t30?,32-/m0/s1. The predicted molar refractivity (Wildman–Crippen MR) is 164 cm³/mol. The molecule has 232 valence electrons. The number of aliphatic hydroxyl groups excluding tert-OH is 1. The first-order valence-corrected chi connectivity index (χ1v) is 16.2. The number of carbonyl (C=O) groups excluding carboxylic acids is 3. The van der Waals surface area contributed by atoms with Crippen molar-refractivity contribution in [2.75, 3.05) is 13.2 Å². The Morgan fingerprint density at radius 2 is 1.32 bits per heavy atom. The summed E-state index contributed by atoms with van der Waals surface area (Å²) in [5, 5.41) is 9.48. The molecular formula is C34H60O6. The van der Waals surface area contributed by atoms with Gasteiger partial charge in [-0.1, -0.05) is 116 Å². The molecule has 1 unspecified atom stereocenters. The Kier molecular flexibility index (Phi) is 27.2. The van der Waals surface area contributed by atoms with Gasteiger partial charge >= 0.3 is 11.9 Å². The van der Waals surface area contributed by atoms with Crippen LogP contribution in [0, 0.1) is 5.92 Å². The maximum Gasteiger partial charge on any atom is 0.306 e. The first-order chi connectivity index (χ1) is 19.4. The van der Waals surface area contributed by atoms with Crippen LogP contribution < -0.4 is 0 Å². The number of aliphatic hydroxyl groups is 1. The van der Waals surface area contributed by atoms with E-state index in [1.807, 2.05) is 12.2 Å². The summed E-state index contributed by atoms with van der Waals surface area (Å²) in [6.07, 6.45) is 26.4. The van der Waals surface area contributed by atoms with Gasteiger partial charge in [-0.25, -0.2) is 0 Å². The molecule has 0 saturated heterocycles. The summed E-state index contributed by atoms with van der Waals surface area (Å²) in [6.45, 7) is 6.23. The Morgan fingerprint density at radius 3 is 1.98 bits per heavy atom. The molecule has 0 aromatic carbocycles. The van der Waals surface area contributed by atoms with Crippen LogP contribution in [0.25, 0.3) is 0 Å². The summed E-state index contributed by atoms with van der Waals surface area (Å²) in [7, 11) is 0. The highest BCUT2D eigenvalue weighted by molar-refractivity contribution is 5.89. The van der Waals surface area contributed by atoms with Crippen molar-refractivity contribution in [2.45, 2.75) is 155 Å². The number of ether oxygens (including phenoxy) is 2. The molecule has 0 aliphatic carbocycles. The van der Waals surface area contributed by atoms with E-state index >= 15 is 0 Å². The Labute approximate surface area is 245 Å². The maximum absolute atomic E-state index is 12.1. The maximum atomic E-state index is 12.1. The largest absolute Gasteiger partial charge is 0.462 e. The normalized spacial score (nSPS) is 13.1. The molecule has 0 heterocycles. The first-order valence-electron chi connectivity index (χ1n) is 16.2. The zero-order valence-corrected chi connectivity index (χ0v) is 26.0. The van der Waals surface area contributed by atoms with Crippen LogP contribution in [-0.4, -0.2) is 42.1 Å². The molecule has 0 aromatic rings. The van der Waals surface area contributed by atoms with Gasteiger partial charge in [0.15, 0.2) is 11.9 Å². The lowest BCUT2D eigenvalue weighted by Gasteiger charge is -2.15. The molecule has 0 radical (unpaired) electrons. The van der Waals surface area contributed by atoms with Crippen molar-refractivity contribution in [1.29, 1.82) is 0 Å². The van der Waals surface area contributed by atoms with E-state index in [9.17, 15) is 19.5 Å². The summed E-state index contributed by atoms with van der Waals surface area (Å²) < 4.78 is 10.5. The third-order valence-corrected chi connectivity index (χ3v) is 7.26. The second kappa shape index (κ2) is 28.6. The lowest BCUT2D eigenvalue weighted by atomic mass is 10.00. The fraction of sp³-hybridized carbons (Fsp3) is 0.794. The molecule has 40 heavy (non-hydrogen) atoms. The summed E-state index contributed by atoms with van der Waals surface area (Å²) >= 11 is 0. The lowest BCUT2D eigenvalue weighted by molar-refractivity contribution is -0.161. The van der Waals surface area contributed by atoms with Crippen LogP contribution >= 0.6 is 0 Å². The fourth-order valence-corrected chi connectivity index (χ4v) is 4.33. The molecule has 6 nitrogen and oxygen atoms in total. The van der Waals surface area contributed by atoms with Crippen LogP contribution in [-0.2, 0) is 23.9 Å². The molecule has 0 fully saturated rings. The van der Waals surface area contributed by atoms with Gasteiger partial charge in [0.25, 0.3) is 0 Å². The Hall–Kier alpha value is -1.95. The molecule has 1 N–H and O–H groups in total. The summed E-state index contributed by atoms with van der Waals surface area (Å²) in [4.78, 5) is 35.7. The van der Waals surface area contributed by atoms with E-state index < -0.39 is 6.10 Å². The Morgan fingerprint density at radius 1 is 0.725 bits per heavy atom. The summed E-state index contributed by atoms with van der Waals surface area (Å²) in [6, 6.07) is 0. The highest BCUT2D eigenvalue weighted by atomic mass is 16.6. The topological polar surface area (TPSA) is 89.9 Å². The number of allylic oxidation sites excluding steroid dienone is 4. The van der Waals surface area contributed by atoms with Gasteiger partial charge in [-0.15, -0.1) is 0 Å². The van der Waals surface area contributed by atoms with Crippen LogP contribution in [0.3, 0.4) is 0 Å². The minimum atomic E-state index is -0.797. The van der Waals surface area contributed by atoms with Crippen LogP contribution in [0.15, 0.2) is 24.3 Å². The first kappa shape index (κ1) is 38.0. The number of carbonyl (C=O) groups is 3. The number of hydrogen-bond acceptors (Lipinski definition) is 6. The highest BCUT2D eigenvalue weighted by Gasteiger charge is 2.16. The van der Waals surface area contributed by atoms with E-state index in [1.165, 1.54) is 32.1 Å². The number of ketones is 1. The predicted octanol–water partition coefficient (Wildman–Crippen LogP) is 8.59. The van der Waals surface area contributed by atoms with Crippen molar-refractivity contribution in [3.8, 4) is 0 Å². The molecule has 0 aromatic heterocycles. The van der Waals surface area contributed by atoms with Gasteiger partial charge in [0.05, 0.1) is 6.61 Å². The molecule has 0 saturated carbocycles. The zero-order valence-electron chi connectivity index (χ0n) is 26.0. The van der Waals surface area contributed by atoms with Gasteiger partial charge in [0.2, 0.25) is 0 Å². The van der Waals surface area contributed by atoms with Gasteiger partial charge < -0.3 is 14.6 Å². The second-order valence-corrected chi connectivity index (χ2v) is 11.2. The second-order valence-electron chi connectivity index (χ2n) is 11.2. The smallest absolute Gasteiger partial charge is 0.306 e. The van der Waals surface area contributed by atoms with Gasteiger partial charge in [0, 0.05) is 19.3 Å². The third kappa shape index (κ3) is 26.3. The van der Waals surface area contributed by atoms with E-state index in [4.69, 9.17) is 9.47 Å². The fourth-order valence-electron chi connectivity index (χ4n) is 4.33. The van der Waals surface area contributed by atoms with Gasteiger partial charge in [-0.05, 0) is 44.1 Å². The van der Waals surface area contributed by atoms with E-state index in [1.54, 1.807) is 6.08 Å². The van der Waals surface area contributed by atoms with Crippen molar-refractivity contribution in [3.63, 3.8) is 0 Å². The average Bonchev–Trinajstić information content (AvgIpc) is 2.95. The van der Waals surface area contributed by atoms with Crippen LogP contribution in [0.4, 0.5) is 0 Å². The van der Waals surface area contributed by atoms with Crippen LogP contribution in [0.1, 0.15) is 149 Å². The molecule has 6 heteroatoms. The van der Waals surface area contributed by atoms with Crippen molar-refractivity contribution >= 4 is 17.7 Å². The van der Waals surface area contributed by atoms with E-state index in [2.05, 4.69) is 26.8 Å². The highest BCUT2D eigenvalue weighted by Crippen LogP contribution is 2.15. The van der Waals surface area contributed by atoms with Gasteiger partial charge in [0.1, 0.15) is 6.61 Å². The Bertz CT molecular complexity index is 684. The van der Waals surface area contributed by atoms with Crippen molar-refractivity contribution in [2.24, 2.45) is 5.92 Å². The molecule has 0 spiro atoms. The molecule has 0 bridgehead atoms. The monoisotopic (exact) mass is 564 g/mol. The van der Waals surface area contributed by atoms with Crippen molar-refractivity contribution < 1.29 is 29.0 Å². The number of rotatable bonds is 28. The molecule has 2 atom stereocenters. The minimum Gasteiger partial charge on any atom is -0.462 e. The van der Waals surface area contributed by atoms with Crippen molar-refractivity contribution in [1.82, 2.24) is 0 Å². The number of esters is 2. The lowest BCUT2D eigenvalue weighted by Crippen LogP contribution is -2.28. The number of hydrogen-bond donors (Lipinski definition) is 1. The molecule has 0 amide bonds.